The fraction of sp³-hybridized carbons (Fsp3) is 0.625. The van der Waals surface area contributed by atoms with Gasteiger partial charge in [-0.25, -0.2) is 19.6 Å². The monoisotopic (exact) mass is 671 g/mol. The van der Waals surface area contributed by atoms with Crippen LogP contribution in [0.3, 0.4) is 0 Å². The van der Waals surface area contributed by atoms with Crippen LogP contribution in [0.5, 0.6) is 0 Å². The van der Waals surface area contributed by atoms with Gasteiger partial charge >= 0.3 is 24.5 Å². The molecule has 2 aliphatic heterocycles. The third-order valence-corrected chi connectivity index (χ3v) is 9.24. The van der Waals surface area contributed by atoms with E-state index in [0.717, 1.165) is 32.1 Å². The molecule has 1 aromatic carbocycles. The summed E-state index contributed by atoms with van der Waals surface area (Å²) in [6.07, 6.45) is -1.84. The molecule has 1 saturated carbocycles. The van der Waals surface area contributed by atoms with Gasteiger partial charge in [-0.2, -0.15) is 26.3 Å². The first-order chi connectivity index (χ1) is 22.3. The lowest BCUT2D eigenvalue weighted by atomic mass is 9.87. The molecular weight excluding hydrogens is 632 g/mol. The fourth-order valence-electron chi connectivity index (χ4n) is 6.82. The zero-order chi connectivity index (χ0) is 33.9. The molecule has 3 fully saturated rings. The summed E-state index contributed by atoms with van der Waals surface area (Å²) in [5.41, 5.74) is -2.70. The number of ether oxygens (including phenoxy) is 2. The van der Waals surface area contributed by atoms with E-state index in [2.05, 4.69) is 9.97 Å². The zero-order valence-electron chi connectivity index (χ0n) is 26.3. The lowest BCUT2D eigenvalue weighted by Gasteiger charge is -2.47. The molecule has 0 spiro atoms. The Labute approximate surface area is 269 Å². The van der Waals surface area contributed by atoms with Crippen molar-refractivity contribution in [3.05, 3.63) is 47.3 Å². The molecule has 0 radical (unpaired) electrons. The molecule has 1 aromatic heterocycles. The van der Waals surface area contributed by atoms with Crippen molar-refractivity contribution in [1.29, 1.82) is 0 Å². The van der Waals surface area contributed by atoms with E-state index in [1.54, 1.807) is 9.80 Å². The Bertz CT molecular complexity index is 1350. The van der Waals surface area contributed by atoms with Crippen LogP contribution >= 0.6 is 0 Å². The molecule has 2 amide bonds. The first-order valence-electron chi connectivity index (χ1n) is 16.1. The first kappa shape index (κ1) is 34.6. The van der Waals surface area contributed by atoms with E-state index in [1.165, 1.54) is 17.3 Å². The second-order valence-corrected chi connectivity index (χ2v) is 12.3. The van der Waals surface area contributed by atoms with Crippen molar-refractivity contribution >= 4 is 23.8 Å². The van der Waals surface area contributed by atoms with Gasteiger partial charge in [-0.3, -0.25) is 4.90 Å². The van der Waals surface area contributed by atoms with Gasteiger partial charge in [0.15, 0.2) is 0 Å². The average Bonchev–Trinajstić information content (AvgIpc) is 3.48. The number of likely N-dealkylation sites (tertiary alicyclic amines) is 1. The molecule has 3 heterocycles. The molecule has 1 aliphatic carbocycles. The van der Waals surface area contributed by atoms with Gasteiger partial charge in [-0.15, -0.1) is 0 Å². The predicted molar refractivity (Wildman–Crippen MR) is 160 cm³/mol. The molecule has 47 heavy (non-hydrogen) atoms. The van der Waals surface area contributed by atoms with Gasteiger partial charge < -0.3 is 19.3 Å². The number of piperidine rings is 1. The number of alkyl halides is 6. The van der Waals surface area contributed by atoms with Crippen LogP contribution in [0.2, 0.25) is 0 Å². The highest BCUT2D eigenvalue weighted by atomic mass is 19.4. The number of hydrogen-bond donors (Lipinski definition) is 0. The number of cyclic esters (lactones) is 1. The number of anilines is 2. The van der Waals surface area contributed by atoms with Gasteiger partial charge in [0.25, 0.3) is 0 Å². The summed E-state index contributed by atoms with van der Waals surface area (Å²) in [6, 6.07) is 0.469. The summed E-state index contributed by atoms with van der Waals surface area (Å²) in [5, 5.41) is 0. The van der Waals surface area contributed by atoms with Gasteiger partial charge in [0.05, 0.1) is 35.8 Å². The van der Waals surface area contributed by atoms with Crippen LogP contribution in [0.1, 0.15) is 88.3 Å². The number of nitrogens with zero attached hydrogens (tertiary/aromatic N) is 5. The summed E-state index contributed by atoms with van der Waals surface area (Å²) in [6.45, 7) is 3.95. The quantitative estimate of drug-likeness (QED) is 0.263. The SMILES string of the molecule is CC[C@@H]1C[C@H](N(Cc2cc(C(F)(F)F)cc(C(F)(F)F)c2)c2ncc(N3CCOC3=O)cn2)C[C@H](CC)N1C(=O)OC1CCCCC1. The third kappa shape index (κ3) is 8.03. The second-order valence-electron chi connectivity index (χ2n) is 12.3. The van der Waals surface area contributed by atoms with Gasteiger partial charge in [-0.05, 0) is 75.1 Å². The number of hydrogen-bond acceptors (Lipinski definition) is 7. The number of carbonyl (C=O) groups is 2. The van der Waals surface area contributed by atoms with Crippen LogP contribution in [-0.2, 0) is 28.4 Å². The fourth-order valence-corrected chi connectivity index (χ4v) is 6.82. The smallest absolute Gasteiger partial charge is 0.416 e. The minimum absolute atomic E-state index is 0.0697. The molecule has 9 nitrogen and oxygen atoms in total. The summed E-state index contributed by atoms with van der Waals surface area (Å²) in [4.78, 5) is 39.1. The van der Waals surface area contributed by atoms with Crippen molar-refractivity contribution in [3.63, 3.8) is 0 Å². The van der Waals surface area contributed by atoms with Gasteiger partial charge in [0.2, 0.25) is 5.95 Å². The summed E-state index contributed by atoms with van der Waals surface area (Å²) >= 11 is 0. The number of halogens is 6. The normalized spacial score (nSPS) is 22.7. The average molecular weight is 672 g/mol. The van der Waals surface area contributed by atoms with Crippen LogP contribution in [-0.4, -0.2) is 64.4 Å². The Kier molecular flexibility index (Phi) is 10.4. The molecule has 0 N–H and O–H groups in total. The summed E-state index contributed by atoms with van der Waals surface area (Å²) < 4.78 is 93.4. The maximum atomic E-state index is 13.8. The maximum absolute atomic E-state index is 13.8. The van der Waals surface area contributed by atoms with Gasteiger partial charge in [0, 0.05) is 24.7 Å². The Hall–Kier alpha value is -3.78. The van der Waals surface area contributed by atoms with Crippen LogP contribution < -0.4 is 9.80 Å². The minimum atomic E-state index is -5.01. The highest BCUT2D eigenvalue weighted by Crippen LogP contribution is 2.38. The van der Waals surface area contributed by atoms with Crippen molar-refractivity contribution in [2.45, 2.75) is 115 Å². The highest BCUT2D eigenvalue weighted by molar-refractivity contribution is 5.88. The molecule has 3 atom stereocenters. The standard InChI is InChI=1S/C32H39F6N5O4/c1-3-23-15-25(16-24(4-2)43(23)30(45)47-27-8-6-5-7-9-27)42(28-39-17-26(18-40-28)41-10-11-46-29(41)44)19-20-12-21(31(33,34)35)14-22(13-20)32(36,37)38/h12-14,17-18,23-25,27H,3-11,15-16,19H2,1-2H3/t23-,24+,25+. The van der Waals surface area contributed by atoms with Crippen LogP contribution in [0.25, 0.3) is 0 Å². The van der Waals surface area contributed by atoms with Crippen molar-refractivity contribution in [1.82, 2.24) is 14.9 Å². The topological polar surface area (TPSA) is 88.1 Å². The van der Waals surface area contributed by atoms with E-state index < -0.39 is 41.7 Å². The van der Waals surface area contributed by atoms with Crippen LogP contribution in [0.15, 0.2) is 30.6 Å². The molecule has 258 valence electrons. The Morgan fingerprint density at radius 1 is 0.936 bits per heavy atom. The molecule has 2 aromatic rings. The largest absolute Gasteiger partial charge is 0.447 e. The number of rotatable bonds is 8. The predicted octanol–water partition coefficient (Wildman–Crippen LogP) is 7.97. The van der Waals surface area contributed by atoms with E-state index in [0.29, 0.717) is 43.5 Å². The zero-order valence-corrected chi connectivity index (χ0v) is 26.3. The Balaban J connectivity index is 1.49. The molecule has 2 saturated heterocycles. The molecule has 15 heteroatoms. The number of amides is 2. The second kappa shape index (κ2) is 14.1. The Morgan fingerprint density at radius 3 is 2.00 bits per heavy atom. The van der Waals surface area contributed by atoms with E-state index in [9.17, 15) is 35.9 Å². The number of benzene rings is 1. The minimum Gasteiger partial charge on any atom is -0.447 e. The van der Waals surface area contributed by atoms with E-state index in [1.807, 2.05) is 13.8 Å². The van der Waals surface area contributed by atoms with Crippen LogP contribution in [0.4, 0.5) is 47.6 Å². The highest BCUT2D eigenvalue weighted by Gasteiger charge is 2.42. The van der Waals surface area contributed by atoms with E-state index >= 15 is 0 Å². The van der Waals surface area contributed by atoms with E-state index in [4.69, 9.17) is 9.47 Å². The van der Waals surface area contributed by atoms with E-state index in [-0.39, 0.29) is 55.5 Å². The molecule has 5 rings (SSSR count). The van der Waals surface area contributed by atoms with Crippen molar-refractivity contribution in [2.24, 2.45) is 0 Å². The molecule has 0 unspecified atom stereocenters. The van der Waals surface area contributed by atoms with Crippen molar-refractivity contribution in [3.8, 4) is 0 Å². The number of carbonyl (C=O) groups excluding carboxylic acids is 2. The molecular formula is C32H39F6N5O4. The van der Waals surface area contributed by atoms with Gasteiger partial charge in [-0.1, -0.05) is 20.3 Å². The maximum Gasteiger partial charge on any atom is 0.416 e. The lowest BCUT2D eigenvalue weighted by molar-refractivity contribution is -0.143. The summed E-state index contributed by atoms with van der Waals surface area (Å²) in [5.74, 6) is 0.0697. The van der Waals surface area contributed by atoms with Gasteiger partial charge in [0.1, 0.15) is 12.7 Å². The van der Waals surface area contributed by atoms with Crippen molar-refractivity contribution in [2.75, 3.05) is 23.0 Å². The lowest BCUT2D eigenvalue weighted by Crippen LogP contribution is -2.57. The Morgan fingerprint density at radius 2 is 1.51 bits per heavy atom. The first-order valence-corrected chi connectivity index (χ1v) is 16.1. The van der Waals surface area contributed by atoms with Crippen molar-refractivity contribution < 1.29 is 45.4 Å². The summed E-state index contributed by atoms with van der Waals surface area (Å²) in [7, 11) is 0. The third-order valence-electron chi connectivity index (χ3n) is 9.24. The van der Waals surface area contributed by atoms with Crippen LogP contribution in [0, 0.1) is 0 Å². The number of aromatic nitrogens is 2. The molecule has 3 aliphatic rings. The molecule has 0 bridgehead atoms.